The molecular formula is C18H30F3N3O6. The molecule has 0 radical (unpaired) electrons. The summed E-state index contributed by atoms with van der Waals surface area (Å²) in [6.07, 6.45) is -2.50. The largest absolute Gasteiger partial charge is 0.490 e. The van der Waals surface area contributed by atoms with Gasteiger partial charge in [-0.25, -0.2) is 4.79 Å². The van der Waals surface area contributed by atoms with E-state index in [0.717, 1.165) is 12.8 Å². The normalized spacial score (nSPS) is 20.7. The van der Waals surface area contributed by atoms with Crippen molar-refractivity contribution in [2.24, 2.45) is 0 Å². The maximum Gasteiger partial charge on any atom is 0.490 e. The summed E-state index contributed by atoms with van der Waals surface area (Å²) in [7, 11) is 3.54. The number of likely N-dealkylation sites (N-methyl/N-ethyl adjacent to an activating group) is 1. The molecule has 2 amide bonds. The highest BCUT2D eigenvalue weighted by Gasteiger charge is 2.50. The lowest BCUT2D eigenvalue weighted by Gasteiger charge is -2.54. The Morgan fingerprint density at radius 1 is 1.27 bits per heavy atom. The number of alkyl halides is 3. The Balaban J connectivity index is 0.000000553. The van der Waals surface area contributed by atoms with Gasteiger partial charge in [-0.3, -0.25) is 14.5 Å². The number of rotatable bonds is 7. The first-order chi connectivity index (χ1) is 14.0. The van der Waals surface area contributed by atoms with Gasteiger partial charge in [-0.15, -0.1) is 0 Å². The van der Waals surface area contributed by atoms with Crippen molar-refractivity contribution in [2.45, 2.75) is 44.0 Å². The number of aliphatic carboxylic acids is 1. The van der Waals surface area contributed by atoms with E-state index in [1.165, 1.54) is 0 Å². The Kier molecular flexibility index (Phi) is 9.98. The van der Waals surface area contributed by atoms with E-state index in [4.69, 9.17) is 19.4 Å². The number of nitrogens with one attached hydrogen (secondary N) is 1. The van der Waals surface area contributed by atoms with E-state index in [1.807, 2.05) is 16.8 Å². The Morgan fingerprint density at radius 2 is 1.87 bits per heavy atom. The van der Waals surface area contributed by atoms with Crippen molar-refractivity contribution in [2.75, 3.05) is 53.6 Å². The van der Waals surface area contributed by atoms with Crippen LogP contribution in [0.1, 0.15) is 26.2 Å². The second-order valence-corrected chi connectivity index (χ2v) is 7.37. The molecule has 1 unspecified atom stereocenters. The molecule has 0 aromatic rings. The maximum atomic E-state index is 12.1. The van der Waals surface area contributed by atoms with E-state index in [1.54, 1.807) is 7.11 Å². The van der Waals surface area contributed by atoms with E-state index in [0.29, 0.717) is 45.8 Å². The number of amides is 2. The predicted octanol–water partition coefficient (Wildman–Crippen LogP) is 0.484. The molecule has 2 aliphatic rings. The number of unbranched alkanes of at least 4 members (excludes halogenated alkanes) is 1. The van der Waals surface area contributed by atoms with Crippen molar-refractivity contribution in [1.82, 2.24) is 15.1 Å². The van der Waals surface area contributed by atoms with E-state index in [9.17, 15) is 22.8 Å². The second-order valence-electron chi connectivity index (χ2n) is 7.37. The zero-order valence-corrected chi connectivity index (χ0v) is 17.5. The third-order valence-corrected chi connectivity index (χ3v) is 4.82. The molecule has 2 N–H and O–H groups in total. The molecular weight excluding hydrogens is 411 g/mol. The van der Waals surface area contributed by atoms with Gasteiger partial charge in [0.2, 0.25) is 11.8 Å². The maximum absolute atomic E-state index is 12.1. The first-order valence-corrected chi connectivity index (χ1v) is 9.64. The molecule has 1 spiro atoms. The van der Waals surface area contributed by atoms with Crippen LogP contribution in [0.3, 0.4) is 0 Å². The minimum atomic E-state index is -5.08. The number of halogens is 3. The number of hydrogen-bond donors (Lipinski definition) is 2. The molecule has 2 heterocycles. The van der Waals surface area contributed by atoms with Crippen molar-refractivity contribution >= 4 is 17.8 Å². The van der Waals surface area contributed by atoms with Crippen LogP contribution < -0.4 is 5.32 Å². The fourth-order valence-electron chi connectivity index (χ4n) is 3.17. The molecule has 0 bridgehead atoms. The van der Waals surface area contributed by atoms with Crippen LogP contribution in [0.2, 0.25) is 0 Å². The number of nitrogens with zero attached hydrogens (tertiary/aromatic N) is 2. The fourth-order valence-corrected chi connectivity index (χ4v) is 3.17. The minimum absolute atomic E-state index is 0.0328. The molecule has 0 aromatic heterocycles. The first kappa shape index (κ1) is 26.1. The summed E-state index contributed by atoms with van der Waals surface area (Å²) in [4.78, 5) is 36.9. The summed E-state index contributed by atoms with van der Waals surface area (Å²) in [5, 5.41) is 9.97. The van der Waals surface area contributed by atoms with E-state index >= 15 is 0 Å². The van der Waals surface area contributed by atoms with Crippen LogP contribution in [0, 0.1) is 0 Å². The summed E-state index contributed by atoms with van der Waals surface area (Å²) in [6.45, 7) is 5.41. The van der Waals surface area contributed by atoms with Crippen molar-refractivity contribution in [1.29, 1.82) is 0 Å². The quantitative estimate of drug-likeness (QED) is 0.554. The Bertz CT molecular complexity index is 596. The smallest absolute Gasteiger partial charge is 0.475 e. The Morgan fingerprint density at radius 3 is 2.33 bits per heavy atom. The number of ether oxygens (including phenoxy) is 2. The third-order valence-electron chi connectivity index (χ3n) is 4.82. The number of likely N-dealkylation sites (tertiary alicyclic amines) is 1. The molecule has 0 aromatic carbocycles. The molecule has 9 nitrogen and oxygen atoms in total. The van der Waals surface area contributed by atoms with Gasteiger partial charge in [0.25, 0.3) is 0 Å². The van der Waals surface area contributed by atoms with Gasteiger partial charge in [0.15, 0.2) is 0 Å². The molecule has 0 aliphatic carbocycles. The topological polar surface area (TPSA) is 108 Å². The zero-order valence-electron chi connectivity index (χ0n) is 17.5. The van der Waals surface area contributed by atoms with Crippen LogP contribution in [-0.2, 0) is 23.9 Å². The van der Waals surface area contributed by atoms with Crippen molar-refractivity contribution in [3.05, 3.63) is 0 Å². The van der Waals surface area contributed by atoms with Crippen LogP contribution in [-0.4, -0.2) is 104 Å². The predicted molar refractivity (Wildman–Crippen MR) is 99.8 cm³/mol. The lowest BCUT2D eigenvalue weighted by molar-refractivity contribution is -0.201. The molecule has 1 atom stereocenters. The molecule has 2 aliphatic heterocycles. The van der Waals surface area contributed by atoms with Crippen LogP contribution in [0.4, 0.5) is 13.2 Å². The monoisotopic (exact) mass is 441 g/mol. The van der Waals surface area contributed by atoms with Crippen molar-refractivity contribution < 1.29 is 42.1 Å². The zero-order chi connectivity index (χ0) is 22.9. The fraction of sp³-hybridized carbons (Fsp3) is 0.833. The highest BCUT2D eigenvalue weighted by atomic mass is 19.4. The average Bonchev–Trinajstić information content (AvgIpc) is 2.63. The highest BCUT2D eigenvalue weighted by Crippen LogP contribution is 2.31. The Labute approximate surface area is 173 Å². The number of morpholine rings is 1. The van der Waals surface area contributed by atoms with Gasteiger partial charge < -0.3 is 24.8 Å². The number of hydrogen-bond acceptors (Lipinski definition) is 6. The minimum Gasteiger partial charge on any atom is -0.475 e. The van der Waals surface area contributed by atoms with Gasteiger partial charge in [-0.2, -0.15) is 13.2 Å². The van der Waals surface area contributed by atoms with Gasteiger partial charge in [0.05, 0.1) is 26.3 Å². The van der Waals surface area contributed by atoms with Gasteiger partial charge in [-0.1, -0.05) is 13.3 Å². The van der Waals surface area contributed by atoms with Gasteiger partial charge >= 0.3 is 12.1 Å². The average molecular weight is 441 g/mol. The molecule has 2 fully saturated rings. The van der Waals surface area contributed by atoms with Gasteiger partial charge in [-0.05, 0) is 13.5 Å². The molecule has 0 saturated carbocycles. The van der Waals surface area contributed by atoms with E-state index < -0.39 is 12.1 Å². The summed E-state index contributed by atoms with van der Waals surface area (Å²) < 4.78 is 42.6. The first-order valence-electron chi connectivity index (χ1n) is 9.64. The molecule has 2 rings (SSSR count). The van der Waals surface area contributed by atoms with Gasteiger partial charge in [0.1, 0.15) is 11.6 Å². The summed E-state index contributed by atoms with van der Waals surface area (Å²) in [5.74, 6) is -2.58. The second kappa shape index (κ2) is 11.5. The van der Waals surface area contributed by atoms with Crippen LogP contribution in [0.5, 0.6) is 0 Å². The number of methoxy groups -OCH3 is 1. The molecule has 30 heavy (non-hydrogen) atoms. The van der Waals surface area contributed by atoms with Crippen LogP contribution >= 0.6 is 0 Å². The van der Waals surface area contributed by atoms with Crippen LogP contribution in [0.25, 0.3) is 0 Å². The lowest BCUT2D eigenvalue weighted by atomic mass is 9.90. The Hall–Kier alpha value is -1.92. The molecule has 174 valence electrons. The SMILES string of the molecule is CCCCC(=O)N1CC2(C1)CN(C)C(C(=O)NCCOC)CO2.O=C(O)C(F)(F)F. The van der Waals surface area contributed by atoms with Crippen molar-refractivity contribution in [3.8, 4) is 0 Å². The summed E-state index contributed by atoms with van der Waals surface area (Å²) in [5.41, 5.74) is -0.292. The summed E-state index contributed by atoms with van der Waals surface area (Å²) >= 11 is 0. The van der Waals surface area contributed by atoms with E-state index in [2.05, 4.69) is 12.2 Å². The lowest BCUT2D eigenvalue weighted by Crippen LogP contribution is -2.73. The number of carboxylic acid groups (broad SMARTS) is 1. The number of carbonyl (C=O) groups excluding carboxylic acids is 2. The van der Waals surface area contributed by atoms with E-state index in [-0.39, 0.29) is 23.5 Å². The number of carboxylic acids is 1. The summed E-state index contributed by atoms with van der Waals surface area (Å²) in [6, 6.07) is -0.276. The third kappa shape index (κ3) is 7.73. The molecule has 12 heteroatoms. The standard InChI is InChI=1S/C16H29N3O4.C2HF3O2/c1-4-5-6-14(20)19-11-16(12-19)10-18(2)13(9-23-16)15(21)17-7-8-22-3;3-2(4,5)1(6)7/h13H,4-12H2,1-3H3,(H,17,21);(H,6,7). The molecule has 2 saturated heterocycles. The number of carbonyl (C=O) groups is 3. The highest BCUT2D eigenvalue weighted by molar-refractivity contribution is 5.82. The van der Waals surface area contributed by atoms with Crippen LogP contribution in [0.15, 0.2) is 0 Å². The van der Waals surface area contributed by atoms with Gasteiger partial charge in [0, 0.05) is 26.6 Å². The van der Waals surface area contributed by atoms with Crippen molar-refractivity contribution in [3.63, 3.8) is 0 Å².